The number of benzene rings is 3. The Bertz CT molecular complexity index is 999. The third-order valence-electron chi connectivity index (χ3n) is 5.20. The zero-order valence-electron chi connectivity index (χ0n) is 18.1. The van der Waals surface area contributed by atoms with E-state index < -0.39 is 6.04 Å². The van der Waals surface area contributed by atoms with Gasteiger partial charge in [-0.05, 0) is 61.4 Å². The van der Waals surface area contributed by atoms with Gasteiger partial charge in [-0.2, -0.15) is 0 Å². The highest BCUT2D eigenvalue weighted by Gasteiger charge is 2.26. The molecule has 0 bridgehead atoms. The summed E-state index contributed by atoms with van der Waals surface area (Å²) in [5, 5.41) is 5.78. The molecule has 0 radical (unpaired) electrons. The minimum absolute atomic E-state index is 0.0168. The number of rotatable bonds is 8. The molecule has 0 aromatic heterocycles. The normalized spacial score (nSPS) is 12.5. The summed E-state index contributed by atoms with van der Waals surface area (Å²) in [6, 6.07) is 23.2. The van der Waals surface area contributed by atoms with E-state index in [1.807, 2.05) is 51.1 Å². The predicted molar refractivity (Wildman–Crippen MR) is 123 cm³/mol. The summed E-state index contributed by atoms with van der Waals surface area (Å²) >= 11 is 0. The smallest absolute Gasteiger partial charge is 0.251 e. The Morgan fingerprint density at radius 3 is 2.03 bits per heavy atom. The minimum atomic E-state index is -0.638. The van der Waals surface area contributed by atoms with E-state index in [0.29, 0.717) is 17.0 Å². The van der Waals surface area contributed by atoms with Crippen molar-refractivity contribution in [2.24, 2.45) is 5.92 Å². The summed E-state index contributed by atoms with van der Waals surface area (Å²) in [6.07, 6.45) is 0.760. The summed E-state index contributed by atoms with van der Waals surface area (Å²) in [6.45, 7) is 5.97. The highest BCUT2D eigenvalue weighted by Crippen LogP contribution is 2.23. The van der Waals surface area contributed by atoms with Crippen molar-refractivity contribution in [3.05, 3.63) is 90.0 Å². The largest absolute Gasteiger partial charge is 0.457 e. The summed E-state index contributed by atoms with van der Waals surface area (Å²) in [4.78, 5) is 25.5. The Morgan fingerprint density at radius 2 is 1.45 bits per heavy atom. The number of ether oxygens (including phenoxy) is 1. The molecule has 0 heterocycles. The summed E-state index contributed by atoms with van der Waals surface area (Å²) in [5.74, 6) is 0.908. The molecule has 3 aromatic rings. The molecular weight excluding hydrogens is 388 g/mol. The number of anilines is 1. The van der Waals surface area contributed by atoms with Gasteiger partial charge in [0, 0.05) is 11.3 Å². The number of amides is 2. The van der Waals surface area contributed by atoms with Crippen molar-refractivity contribution in [3.63, 3.8) is 0 Å². The Morgan fingerprint density at radius 1 is 0.871 bits per heavy atom. The van der Waals surface area contributed by atoms with Gasteiger partial charge < -0.3 is 15.4 Å². The molecule has 0 saturated carbocycles. The van der Waals surface area contributed by atoms with Crippen LogP contribution in [0.5, 0.6) is 11.5 Å². The molecule has 31 heavy (non-hydrogen) atoms. The molecule has 3 rings (SSSR count). The maximum absolute atomic E-state index is 12.9. The molecule has 0 saturated heterocycles. The minimum Gasteiger partial charge on any atom is -0.457 e. The SMILES string of the molecule is CC[C@H](C)[C@H](NC(=O)c1ccccc1)C(=O)Nc1ccc(Oc2ccc(C)cc2)cc1. The zero-order valence-corrected chi connectivity index (χ0v) is 18.1. The van der Waals surface area contributed by atoms with E-state index in [0.717, 1.165) is 12.2 Å². The number of aryl methyl sites for hydroxylation is 1. The third kappa shape index (κ3) is 6.19. The van der Waals surface area contributed by atoms with Crippen LogP contribution in [0.2, 0.25) is 0 Å². The topological polar surface area (TPSA) is 67.4 Å². The van der Waals surface area contributed by atoms with Gasteiger partial charge in [0.25, 0.3) is 5.91 Å². The lowest BCUT2D eigenvalue weighted by atomic mass is 9.97. The predicted octanol–water partition coefficient (Wildman–Crippen LogP) is 5.57. The molecule has 0 aliphatic heterocycles. The van der Waals surface area contributed by atoms with Crippen LogP contribution in [0.3, 0.4) is 0 Å². The maximum atomic E-state index is 12.9. The first-order valence-electron chi connectivity index (χ1n) is 10.5. The van der Waals surface area contributed by atoms with Crippen molar-refractivity contribution >= 4 is 17.5 Å². The summed E-state index contributed by atoms with van der Waals surface area (Å²) in [5.41, 5.74) is 2.34. The van der Waals surface area contributed by atoms with E-state index in [-0.39, 0.29) is 17.7 Å². The quantitative estimate of drug-likeness (QED) is 0.504. The Hall–Kier alpha value is -3.60. The zero-order chi connectivity index (χ0) is 22.2. The molecule has 5 nitrogen and oxygen atoms in total. The molecule has 0 unspecified atom stereocenters. The van der Waals surface area contributed by atoms with Crippen LogP contribution in [0.25, 0.3) is 0 Å². The number of hydrogen-bond acceptors (Lipinski definition) is 3. The van der Waals surface area contributed by atoms with E-state index in [1.165, 1.54) is 5.56 Å². The van der Waals surface area contributed by atoms with Gasteiger partial charge in [0.15, 0.2) is 0 Å². The fourth-order valence-electron chi connectivity index (χ4n) is 3.08. The van der Waals surface area contributed by atoms with Crippen molar-refractivity contribution in [2.45, 2.75) is 33.2 Å². The lowest BCUT2D eigenvalue weighted by Crippen LogP contribution is -2.47. The van der Waals surface area contributed by atoms with Crippen molar-refractivity contribution in [2.75, 3.05) is 5.32 Å². The van der Waals surface area contributed by atoms with Gasteiger partial charge >= 0.3 is 0 Å². The Kier molecular flexibility index (Phi) is 7.44. The average molecular weight is 417 g/mol. The Balaban J connectivity index is 1.65. The molecule has 2 N–H and O–H groups in total. The van der Waals surface area contributed by atoms with Gasteiger partial charge in [-0.3, -0.25) is 9.59 Å². The van der Waals surface area contributed by atoms with Crippen LogP contribution < -0.4 is 15.4 Å². The molecule has 0 fully saturated rings. The lowest BCUT2D eigenvalue weighted by molar-refractivity contribution is -0.119. The van der Waals surface area contributed by atoms with E-state index in [1.54, 1.807) is 48.5 Å². The number of carbonyl (C=O) groups excluding carboxylic acids is 2. The number of hydrogen-bond donors (Lipinski definition) is 2. The standard InChI is InChI=1S/C26H28N2O3/c1-4-19(3)24(28-25(29)20-8-6-5-7-9-20)26(30)27-21-12-16-23(17-13-21)31-22-14-10-18(2)11-15-22/h5-17,19,24H,4H2,1-3H3,(H,27,30)(H,28,29)/t19-,24-/m0/s1. The number of carbonyl (C=O) groups is 2. The highest BCUT2D eigenvalue weighted by atomic mass is 16.5. The van der Waals surface area contributed by atoms with Crippen LogP contribution in [0, 0.1) is 12.8 Å². The second kappa shape index (κ2) is 10.4. The molecule has 2 amide bonds. The van der Waals surface area contributed by atoms with Gasteiger partial charge in [-0.25, -0.2) is 0 Å². The summed E-state index contributed by atoms with van der Waals surface area (Å²) in [7, 11) is 0. The van der Waals surface area contributed by atoms with Crippen molar-refractivity contribution < 1.29 is 14.3 Å². The second-order valence-corrected chi connectivity index (χ2v) is 7.63. The van der Waals surface area contributed by atoms with E-state index in [2.05, 4.69) is 10.6 Å². The monoisotopic (exact) mass is 416 g/mol. The van der Waals surface area contributed by atoms with Gasteiger partial charge in [0.1, 0.15) is 17.5 Å². The van der Waals surface area contributed by atoms with Crippen LogP contribution in [-0.4, -0.2) is 17.9 Å². The van der Waals surface area contributed by atoms with E-state index in [4.69, 9.17) is 4.74 Å². The maximum Gasteiger partial charge on any atom is 0.251 e. The molecule has 5 heteroatoms. The van der Waals surface area contributed by atoms with Crippen LogP contribution in [0.15, 0.2) is 78.9 Å². The highest BCUT2D eigenvalue weighted by molar-refractivity contribution is 6.01. The average Bonchev–Trinajstić information content (AvgIpc) is 2.80. The van der Waals surface area contributed by atoms with E-state index >= 15 is 0 Å². The van der Waals surface area contributed by atoms with Crippen molar-refractivity contribution in [3.8, 4) is 11.5 Å². The van der Waals surface area contributed by atoms with Gasteiger partial charge in [-0.1, -0.05) is 56.2 Å². The first-order chi connectivity index (χ1) is 15.0. The fraction of sp³-hybridized carbons (Fsp3) is 0.231. The van der Waals surface area contributed by atoms with Crippen LogP contribution in [-0.2, 0) is 4.79 Å². The van der Waals surface area contributed by atoms with Gasteiger partial charge in [-0.15, -0.1) is 0 Å². The summed E-state index contributed by atoms with van der Waals surface area (Å²) < 4.78 is 5.83. The fourth-order valence-corrected chi connectivity index (χ4v) is 3.08. The molecule has 3 aromatic carbocycles. The first-order valence-corrected chi connectivity index (χ1v) is 10.5. The van der Waals surface area contributed by atoms with Crippen molar-refractivity contribution in [1.82, 2.24) is 5.32 Å². The molecule has 0 spiro atoms. The lowest BCUT2D eigenvalue weighted by Gasteiger charge is -2.23. The number of nitrogens with one attached hydrogen (secondary N) is 2. The first kappa shape index (κ1) is 22.1. The molecular formula is C26H28N2O3. The van der Waals surface area contributed by atoms with Crippen LogP contribution >= 0.6 is 0 Å². The van der Waals surface area contributed by atoms with Gasteiger partial charge in [0.05, 0.1) is 0 Å². The van der Waals surface area contributed by atoms with Gasteiger partial charge in [0.2, 0.25) is 5.91 Å². The van der Waals surface area contributed by atoms with Crippen LogP contribution in [0.1, 0.15) is 36.2 Å². The van der Waals surface area contributed by atoms with Crippen molar-refractivity contribution in [1.29, 1.82) is 0 Å². The molecule has 160 valence electrons. The Labute approximate surface area is 183 Å². The molecule has 0 aliphatic carbocycles. The van der Waals surface area contributed by atoms with E-state index in [9.17, 15) is 9.59 Å². The van der Waals surface area contributed by atoms with Crippen LogP contribution in [0.4, 0.5) is 5.69 Å². The molecule has 0 aliphatic rings. The second-order valence-electron chi connectivity index (χ2n) is 7.63. The third-order valence-corrected chi connectivity index (χ3v) is 5.20. The molecule has 2 atom stereocenters.